The summed E-state index contributed by atoms with van der Waals surface area (Å²) < 4.78 is 19.8. The lowest BCUT2D eigenvalue weighted by atomic mass is 10.0. The fraction of sp³-hybridized carbons (Fsp3) is 0.308. The van der Waals surface area contributed by atoms with E-state index in [1.807, 2.05) is 0 Å². The number of hydrogen-bond acceptors (Lipinski definition) is 3. The van der Waals surface area contributed by atoms with Crippen LogP contribution in [0.15, 0.2) is 27.2 Å². The fourth-order valence-corrected chi connectivity index (χ4v) is 2.59. The molecule has 0 amide bonds. The van der Waals surface area contributed by atoms with Gasteiger partial charge in [0.2, 0.25) is 0 Å². The van der Waals surface area contributed by atoms with Crippen LogP contribution in [0.1, 0.15) is 30.1 Å². The summed E-state index contributed by atoms with van der Waals surface area (Å²) in [6.45, 7) is -0.189. The normalized spacial score (nSPS) is 15.1. The average Bonchev–Trinajstić information content (AvgIpc) is 3.10. The van der Waals surface area contributed by atoms with Gasteiger partial charge in [0.05, 0.1) is 12.2 Å². The van der Waals surface area contributed by atoms with Crippen LogP contribution >= 0.6 is 15.9 Å². The molecular formula is C13H11BrFNO2. The Labute approximate surface area is 112 Å². The first kappa shape index (κ1) is 11.9. The lowest BCUT2D eigenvalue weighted by Crippen LogP contribution is -1.93. The smallest absolute Gasteiger partial charge is 0.145 e. The predicted octanol–water partition coefficient (Wildman–Crippen LogP) is 3.61. The number of aromatic nitrogens is 1. The molecule has 0 radical (unpaired) electrons. The van der Waals surface area contributed by atoms with Crippen molar-refractivity contribution < 1.29 is 14.0 Å². The predicted molar refractivity (Wildman–Crippen MR) is 67.5 cm³/mol. The molecule has 1 aromatic heterocycles. The van der Waals surface area contributed by atoms with E-state index < -0.39 is 0 Å². The molecule has 2 aromatic rings. The zero-order valence-electron chi connectivity index (χ0n) is 9.49. The highest BCUT2D eigenvalue weighted by molar-refractivity contribution is 9.10. The minimum absolute atomic E-state index is 0.189. The first-order valence-electron chi connectivity index (χ1n) is 5.76. The quantitative estimate of drug-likeness (QED) is 0.941. The van der Waals surface area contributed by atoms with Gasteiger partial charge in [-0.2, -0.15) is 0 Å². The highest BCUT2D eigenvalue weighted by Crippen LogP contribution is 2.45. The Kier molecular flexibility index (Phi) is 2.95. The molecule has 0 aliphatic heterocycles. The van der Waals surface area contributed by atoms with Crippen molar-refractivity contribution in [2.75, 3.05) is 0 Å². The highest BCUT2D eigenvalue weighted by Gasteiger charge is 2.33. The Bertz CT molecular complexity index is 572. The Balaban J connectivity index is 2.16. The second kappa shape index (κ2) is 4.48. The van der Waals surface area contributed by atoms with Crippen molar-refractivity contribution in [3.05, 3.63) is 39.8 Å². The molecule has 1 heterocycles. The van der Waals surface area contributed by atoms with E-state index in [4.69, 9.17) is 4.52 Å². The first-order chi connectivity index (χ1) is 8.72. The van der Waals surface area contributed by atoms with Crippen molar-refractivity contribution in [2.24, 2.45) is 0 Å². The van der Waals surface area contributed by atoms with Crippen LogP contribution < -0.4 is 0 Å². The van der Waals surface area contributed by atoms with Gasteiger partial charge in [0.15, 0.2) is 0 Å². The summed E-state index contributed by atoms with van der Waals surface area (Å²) in [7, 11) is 0. The maximum atomic E-state index is 13.9. The van der Waals surface area contributed by atoms with Crippen molar-refractivity contribution in [2.45, 2.75) is 25.4 Å². The number of nitrogens with zero attached hydrogens (tertiary/aromatic N) is 1. The molecule has 0 atom stereocenters. The summed E-state index contributed by atoms with van der Waals surface area (Å²) in [6.07, 6.45) is 2.08. The van der Waals surface area contributed by atoms with Gasteiger partial charge in [-0.3, -0.25) is 0 Å². The number of hydrogen-bond donors (Lipinski definition) is 1. The van der Waals surface area contributed by atoms with Crippen LogP contribution in [0.25, 0.3) is 11.3 Å². The van der Waals surface area contributed by atoms with Crippen LogP contribution in [-0.2, 0) is 6.61 Å². The van der Waals surface area contributed by atoms with Gasteiger partial charge in [0.25, 0.3) is 0 Å². The number of aliphatic hydroxyl groups excluding tert-OH is 1. The number of aliphatic hydroxyl groups is 1. The molecule has 18 heavy (non-hydrogen) atoms. The molecule has 1 saturated carbocycles. The third-order valence-electron chi connectivity index (χ3n) is 3.12. The lowest BCUT2D eigenvalue weighted by molar-refractivity contribution is 0.277. The highest BCUT2D eigenvalue weighted by atomic mass is 79.9. The topological polar surface area (TPSA) is 46.3 Å². The van der Waals surface area contributed by atoms with Gasteiger partial charge < -0.3 is 9.63 Å². The van der Waals surface area contributed by atoms with E-state index in [0.717, 1.165) is 12.8 Å². The zero-order valence-corrected chi connectivity index (χ0v) is 11.1. The van der Waals surface area contributed by atoms with Crippen LogP contribution in [0.5, 0.6) is 0 Å². The summed E-state index contributed by atoms with van der Waals surface area (Å²) in [5, 5.41) is 13.4. The Morgan fingerprint density at radius 2 is 2.22 bits per heavy atom. The molecule has 0 saturated heterocycles. The van der Waals surface area contributed by atoms with E-state index in [-0.39, 0.29) is 12.4 Å². The molecule has 3 nitrogen and oxygen atoms in total. The number of rotatable bonds is 3. The minimum atomic E-state index is -0.380. The van der Waals surface area contributed by atoms with Gasteiger partial charge in [0.1, 0.15) is 17.3 Å². The number of benzene rings is 1. The largest absolute Gasteiger partial charge is 0.391 e. The summed E-state index contributed by atoms with van der Waals surface area (Å²) in [5.74, 6) is 0.649. The van der Waals surface area contributed by atoms with Crippen molar-refractivity contribution in [1.29, 1.82) is 0 Å². The zero-order chi connectivity index (χ0) is 12.7. The maximum absolute atomic E-state index is 13.9. The molecule has 1 fully saturated rings. The molecule has 0 unspecified atom stereocenters. The SMILES string of the molecule is OCc1c(-c2c(F)cccc2Br)noc1C1CC1. The molecule has 1 aromatic carbocycles. The summed E-state index contributed by atoms with van der Waals surface area (Å²) in [5.41, 5.74) is 1.34. The standard InChI is InChI=1S/C13H11BrFNO2/c14-9-2-1-3-10(15)11(9)12-8(6-17)13(18-16-12)7-4-5-7/h1-3,7,17H,4-6H2. The molecule has 1 aliphatic carbocycles. The van der Waals surface area contributed by atoms with E-state index in [2.05, 4.69) is 21.1 Å². The van der Waals surface area contributed by atoms with E-state index in [0.29, 0.717) is 33.0 Å². The van der Waals surface area contributed by atoms with Crippen molar-refractivity contribution >= 4 is 15.9 Å². The Morgan fingerprint density at radius 3 is 2.83 bits per heavy atom. The molecule has 1 N–H and O–H groups in total. The van der Waals surface area contributed by atoms with E-state index in [1.165, 1.54) is 6.07 Å². The average molecular weight is 312 g/mol. The van der Waals surface area contributed by atoms with E-state index in [1.54, 1.807) is 12.1 Å². The molecule has 1 aliphatic rings. The van der Waals surface area contributed by atoms with Gasteiger partial charge in [0, 0.05) is 16.0 Å². The molecule has 94 valence electrons. The Hall–Kier alpha value is -1.20. The molecule has 5 heteroatoms. The third-order valence-corrected chi connectivity index (χ3v) is 3.79. The van der Waals surface area contributed by atoms with E-state index >= 15 is 0 Å². The summed E-state index contributed by atoms with van der Waals surface area (Å²) >= 11 is 3.31. The Morgan fingerprint density at radius 1 is 1.44 bits per heavy atom. The van der Waals surface area contributed by atoms with Crippen LogP contribution in [0.3, 0.4) is 0 Å². The van der Waals surface area contributed by atoms with Crippen LogP contribution in [0.4, 0.5) is 4.39 Å². The van der Waals surface area contributed by atoms with Gasteiger partial charge in [-0.25, -0.2) is 4.39 Å². The van der Waals surface area contributed by atoms with Crippen molar-refractivity contribution in [3.63, 3.8) is 0 Å². The van der Waals surface area contributed by atoms with Gasteiger partial charge in [-0.1, -0.05) is 11.2 Å². The van der Waals surface area contributed by atoms with Crippen molar-refractivity contribution in [3.8, 4) is 11.3 Å². The van der Waals surface area contributed by atoms with Crippen LogP contribution in [0.2, 0.25) is 0 Å². The maximum Gasteiger partial charge on any atom is 0.145 e. The molecule has 0 bridgehead atoms. The lowest BCUT2D eigenvalue weighted by Gasteiger charge is -2.04. The van der Waals surface area contributed by atoms with Gasteiger partial charge in [-0.15, -0.1) is 0 Å². The minimum Gasteiger partial charge on any atom is -0.391 e. The summed E-state index contributed by atoms with van der Waals surface area (Å²) in [4.78, 5) is 0. The molecule has 0 spiro atoms. The van der Waals surface area contributed by atoms with E-state index in [9.17, 15) is 9.50 Å². The fourth-order valence-electron chi connectivity index (χ4n) is 2.06. The monoisotopic (exact) mass is 311 g/mol. The first-order valence-corrected chi connectivity index (χ1v) is 6.55. The van der Waals surface area contributed by atoms with Crippen LogP contribution in [-0.4, -0.2) is 10.3 Å². The van der Waals surface area contributed by atoms with Gasteiger partial charge >= 0.3 is 0 Å². The van der Waals surface area contributed by atoms with Crippen molar-refractivity contribution in [1.82, 2.24) is 5.16 Å². The van der Waals surface area contributed by atoms with Gasteiger partial charge in [-0.05, 0) is 40.9 Å². The number of halogens is 2. The van der Waals surface area contributed by atoms with Crippen LogP contribution in [0, 0.1) is 5.82 Å². The third kappa shape index (κ3) is 1.87. The molecule has 3 rings (SSSR count). The second-order valence-corrected chi connectivity index (χ2v) is 5.26. The second-order valence-electron chi connectivity index (χ2n) is 4.40. The molecular weight excluding hydrogens is 301 g/mol. The summed E-state index contributed by atoms with van der Waals surface area (Å²) in [6, 6.07) is 4.72.